The minimum absolute atomic E-state index is 0.0237. The molecule has 0 aromatic heterocycles. The number of likely N-dealkylation sites (N-methyl/N-ethyl adjacent to an activating group) is 1. The first-order valence-corrected chi connectivity index (χ1v) is 6.57. The smallest absolute Gasteiger partial charge is 0.237 e. The maximum Gasteiger partial charge on any atom is 0.237 e. The zero-order chi connectivity index (χ0) is 12.4. The van der Waals surface area contributed by atoms with Gasteiger partial charge in [-0.05, 0) is 26.9 Å². The Bertz CT molecular complexity index is 181. The summed E-state index contributed by atoms with van der Waals surface area (Å²) >= 11 is 0. The van der Waals surface area contributed by atoms with Gasteiger partial charge in [-0.25, -0.2) is 0 Å². The zero-order valence-electron chi connectivity index (χ0n) is 11.4. The number of nitrogens with one attached hydrogen (secondary N) is 1. The monoisotopic (exact) mass is 228 g/mol. The Morgan fingerprint density at radius 3 is 2.25 bits per heavy atom. The van der Waals surface area contributed by atoms with Crippen LogP contribution in [0, 0.1) is 0 Å². The summed E-state index contributed by atoms with van der Waals surface area (Å²) in [6, 6.07) is 0.0237. The number of hydrogen-bond acceptors (Lipinski definition) is 2. The summed E-state index contributed by atoms with van der Waals surface area (Å²) in [6.45, 7) is 5.09. The van der Waals surface area contributed by atoms with E-state index in [1.165, 1.54) is 25.7 Å². The maximum atomic E-state index is 11.8. The van der Waals surface area contributed by atoms with Crippen molar-refractivity contribution < 1.29 is 4.79 Å². The van der Waals surface area contributed by atoms with E-state index in [0.29, 0.717) is 0 Å². The van der Waals surface area contributed by atoms with Crippen LogP contribution in [0.2, 0.25) is 0 Å². The van der Waals surface area contributed by atoms with Crippen LogP contribution in [0.3, 0.4) is 0 Å². The van der Waals surface area contributed by atoms with Gasteiger partial charge in [-0.1, -0.05) is 39.5 Å². The third-order valence-electron chi connectivity index (χ3n) is 2.89. The summed E-state index contributed by atoms with van der Waals surface area (Å²) in [5.41, 5.74) is 0. The van der Waals surface area contributed by atoms with Gasteiger partial charge in [-0.2, -0.15) is 0 Å². The van der Waals surface area contributed by atoms with Crippen molar-refractivity contribution in [3.8, 4) is 0 Å². The SMILES string of the molecule is CCCCCCCNC(=O)C(CC)N(C)C. The van der Waals surface area contributed by atoms with E-state index in [4.69, 9.17) is 0 Å². The Morgan fingerprint density at radius 2 is 1.75 bits per heavy atom. The van der Waals surface area contributed by atoms with Crippen LogP contribution >= 0.6 is 0 Å². The molecule has 3 heteroatoms. The number of carbonyl (C=O) groups excluding carboxylic acids is 1. The van der Waals surface area contributed by atoms with Gasteiger partial charge >= 0.3 is 0 Å². The Labute approximate surface area is 101 Å². The van der Waals surface area contributed by atoms with E-state index in [9.17, 15) is 4.79 Å². The van der Waals surface area contributed by atoms with Gasteiger partial charge in [0.15, 0.2) is 0 Å². The van der Waals surface area contributed by atoms with Crippen LogP contribution in [-0.4, -0.2) is 37.5 Å². The second-order valence-electron chi connectivity index (χ2n) is 4.59. The van der Waals surface area contributed by atoms with E-state index < -0.39 is 0 Å². The highest BCUT2D eigenvalue weighted by Gasteiger charge is 2.17. The van der Waals surface area contributed by atoms with Gasteiger partial charge < -0.3 is 5.32 Å². The molecule has 0 saturated carbocycles. The number of carbonyl (C=O) groups is 1. The molecule has 0 spiro atoms. The standard InChI is InChI=1S/C13H28N2O/c1-5-7-8-9-10-11-14-13(16)12(6-2)15(3)4/h12H,5-11H2,1-4H3,(H,14,16). The minimum Gasteiger partial charge on any atom is -0.355 e. The first kappa shape index (κ1) is 15.4. The Morgan fingerprint density at radius 1 is 1.12 bits per heavy atom. The number of hydrogen-bond donors (Lipinski definition) is 1. The molecule has 0 heterocycles. The fourth-order valence-electron chi connectivity index (χ4n) is 1.84. The molecule has 0 bridgehead atoms. The minimum atomic E-state index is 0.0237. The van der Waals surface area contributed by atoms with Crippen molar-refractivity contribution >= 4 is 5.91 Å². The topological polar surface area (TPSA) is 32.3 Å². The zero-order valence-corrected chi connectivity index (χ0v) is 11.4. The van der Waals surface area contributed by atoms with Crippen LogP contribution in [-0.2, 0) is 4.79 Å². The number of unbranched alkanes of at least 4 members (excludes halogenated alkanes) is 4. The molecule has 1 N–H and O–H groups in total. The predicted octanol–water partition coefficient (Wildman–Crippen LogP) is 2.41. The lowest BCUT2D eigenvalue weighted by Gasteiger charge is -2.21. The van der Waals surface area contributed by atoms with Crippen LogP contribution < -0.4 is 5.32 Å². The average Bonchev–Trinajstić information content (AvgIpc) is 2.23. The van der Waals surface area contributed by atoms with Crippen molar-refractivity contribution in [1.82, 2.24) is 10.2 Å². The van der Waals surface area contributed by atoms with Gasteiger partial charge in [0.2, 0.25) is 5.91 Å². The molecular formula is C13H28N2O. The molecule has 1 unspecified atom stereocenters. The van der Waals surface area contributed by atoms with Gasteiger partial charge in [-0.3, -0.25) is 9.69 Å². The fourth-order valence-corrected chi connectivity index (χ4v) is 1.84. The molecule has 96 valence electrons. The molecule has 0 aliphatic carbocycles. The number of nitrogens with zero attached hydrogens (tertiary/aromatic N) is 1. The Kier molecular flexibility index (Phi) is 9.30. The van der Waals surface area contributed by atoms with Gasteiger partial charge in [0.05, 0.1) is 6.04 Å². The van der Waals surface area contributed by atoms with E-state index in [1.807, 2.05) is 25.9 Å². The third-order valence-corrected chi connectivity index (χ3v) is 2.89. The van der Waals surface area contributed by atoms with Crippen molar-refractivity contribution in [2.75, 3.05) is 20.6 Å². The van der Waals surface area contributed by atoms with Crippen LogP contribution in [0.5, 0.6) is 0 Å². The highest BCUT2D eigenvalue weighted by atomic mass is 16.2. The highest BCUT2D eigenvalue weighted by molar-refractivity contribution is 5.81. The van der Waals surface area contributed by atoms with E-state index in [1.54, 1.807) is 0 Å². The van der Waals surface area contributed by atoms with E-state index >= 15 is 0 Å². The molecule has 0 saturated heterocycles. The number of amides is 1. The third kappa shape index (κ3) is 6.83. The van der Waals surface area contributed by atoms with Crippen molar-refractivity contribution in [3.05, 3.63) is 0 Å². The first-order chi connectivity index (χ1) is 7.63. The molecule has 3 nitrogen and oxygen atoms in total. The fraction of sp³-hybridized carbons (Fsp3) is 0.923. The molecule has 1 amide bonds. The van der Waals surface area contributed by atoms with Crippen molar-refractivity contribution in [2.24, 2.45) is 0 Å². The summed E-state index contributed by atoms with van der Waals surface area (Å²) in [5, 5.41) is 3.01. The van der Waals surface area contributed by atoms with Crippen LogP contribution in [0.1, 0.15) is 52.4 Å². The quantitative estimate of drug-likeness (QED) is 0.615. The van der Waals surface area contributed by atoms with Gasteiger partial charge in [0.1, 0.15) is 0 Å². The molecule has 0 aromatic rings. The lowest BCUT2D eigenvalue weighted by molar-refractivity contribution is -0.125. The summed E-state index contributed by atoms with van der Waals surface area (Å²) in [4.78, 5) is 13.7. The molecule has 0 rings (SSSR count). The van der Waals surface area contributed by atoms with Gasteiger partial charge in [0.25, 0.3) is 0 Å². The average molecular weight is 228 g/mol. The van der Waals surface area contributed by atoms with E-state index in [0.717, 1.165) is 19.4 Å². The summed E-state index contributed by atoms with van der Waals surface area (Å²) < 4.78 is 0. The van der Waals surface area contributed by atoms with Crippen LogP contribution in [0.4, 0.5) is 0 Å². The molecule has 0 aliphatic rings. The second kappa shape index (κ2) is 9.64. The molecule has 0 aliphatic heterocycles. The molecule has 1 atom stereocenters. The molecule has 16 heavy (non-hydrogen) atoms. The normalized spacial score (nSPS) is 12.8. The first-order valence-electron chi connectivity index (χ1n) is 6.57. The lowest BCUT2D eigenvalue weighted by Crippen LogP contribution is -2.43. The lowest BCUT2D eigenvalue weighted by atomic mass is 10.1. The van der Waals surface area contributed by atoms with Gasteiger partial charge in [0, 0.05) is 6.54 Å². The molecular weight excluding hydrogens is 200 g/mol. The van der Waals surface area contributed by atoms with E-state index in [2.05, 4.69) is 12.2 Å². The maximum absolute atomic E-state index is 11.8. The highest BCUT2D eigenvalue weighted by Crippen LogP contribution is 2.02. The molecule has 0 radical (unpaired) electrons. The van der Waals surface area contributed by atoms with Crippen LogP contribution in [0.25, 0.3) is 0 Å². The van der Waals surface area contributed by atoms with Crippen LogP contribution in [0.15, 0.2) is 0 Å². The summed E-state index contributed by atoms with van der Waals surface area (Å²) in [7, 11) is 3.91. The van der Waals surface area contributed by atoms with Crippen molar-refractivity contribution in [2.45, 2.75) is 58.4 Å². The predicted molar refractivity (Wildman–Crippen MR) is 69.5 cm³/mol. The van der Waals surface area contributed by atoms with Crippen molar-refractivity contribution in [3.63, 3.8) is 0 Å². The Balaban J connectivity index is 3.56. The molecule has 0 aromatic carbocycles. The number of rotatable bonds is 9. The van der Waals surface area contributed by atoms with Gasteiger partial charge in [-0.15, -0.1) is 0 Å². The summed E-state index contributed by atoms with van der Waals surface area (Å²) in [6.07, 6.45) is 7.07. The largest absolute Gasteiger partial charge is 0.355 e. The van der Waals surface area contributed by atoms with E-state index in [-0.39, 0.29) is 11.9 Å². The molecule has 0 fully saturated rings. The summed E-state index contributed by atoms with van der Waals surface area (Å²) in [5.74, 6) is 0.169. The van der Waals surface area contributed by atoms with Crippen molar-refractivity contribution in [1.29, 1.82) is 0 Å². The second-order valence-corrected chi connectivity index (χ2v) is 4.59. The Hall–Kier alpha value is -0.570.